The summed E-state index contributed by atoms with van der Waals surface area (Å²) in [5.41, 5.74) is 6.26. The molecule has 1 heterocycles. The van der Waals surface area contributed by atoms with Crippen molar-refractivity contribution in [3.05, 3.63) is 56.7 Å². The topological polar surface area (TPSA) is 113 Å². The molecule has 1 amide bonds. The normalized spacial score (nSPS) is 12.0. The smallest absolute Gasteiger partial charge is 0.330 e. The summed E-state index contributed by atoms with van der Waals surface area (Å²) in [6, 6.07) is 9.63. The molecular weight excluding hydrogens is 382 g/mol. The van der Waals surface area contributed by atoms with Crippen molar-refractivity contribution in [2.45, 2.75) is 53.1 Å². The van der Waals surface area contributed by atoms with Gasteiger partial charge < -0.3 is 16.0 Å². The van der Waals surface area contributed by atoms with Gasteiger partial charge in [0.1, 0.15) is 11.5 Å². The minimum atomic E-state index is -0.580. The third-order valence-corrected chi connectivity index (χ3v) is 5.12. The highest BCUT2D eigenvalue weighted by Gasteiger charge is 2.23. The zero-order chi connectivity index (χ0) is 22.3. The molecule has 0 saturated carbocycles. The zero-order valence-electron chi connectivity index (χ0n) is 18.3. The van der Waals surface area contributed by atoms with Crippen molar-refractivity contribution in [1.29, 1.82) is 0 Å². The minimum Gasteiger partial charge on any atom is -0.383 e. The summed E-state index contributed by atoms with van der Waals surface area (Å²) < 4.78 is 1.36. The van der Waals surface area contributed by atoms with Gasteiger partial charge in [0.05, 0.1) is 12.6 Å². The average molecular weight is 416 g/mol. The maximum Gasteiger partial charge on any atom is 0.330 e. The van der Waals surface area contributed by atoms with Crippen LogP contribution in [0.25, 0.3) is 0 Å². The quantitative estimate of drug-likeness (QED) is 0.551. The van der Waals surface area contributed by atoms with Gasteiger partial charge in [-0.2, -0.15) is 0 Å². The van der Waals surface area contributed by atoms with E-state index < -0.39 is 11.2 Å². The standard InChI is InChI=1S/C22H33N5O3/c1-5-7-13-27-20(23)19(21(29)25-22(27)30)26(6-2)14-17(28)24-18(15(3)4)16-11-9-8-10-12-16/h8-12,15,18H,5-7,13-14,23H2,1-4H3,(H,24,28)(H,25,29,30). The lowest BCUT2D eigenvalue weighted by molar-refractivity contribution is -0.120. The van der Waals surface area contributed by atoms with Crippen LogP contribution in [-0.4, -0.2) is 28.5 Å². The molecule has 2 rings (SSSR count). The van der Waals surface area contributed by atoms with Crippen LogP contribution in [0.3, 0.4) is 0 Å². The second-order valence-electron chi connectivity index (χ2n) is 7.71. The number of nitrogens with one attached hydrogen (secondary N) is 2. The Morgan fingerprint density at radius 3 is 2.43 bits per heavy atom. The number of benzene rings is 1. The van der Waals surface area contributed by atoms with E-state index in [0.29, 0.717) is 13.1 Å². The zero-order valence-corrected chi connectivity index (χ0v) is 18.3. The maximum atomic E-state index is 12.8. The van der Waals surface area contributed by atoms with Gasteiger partial charge in [-0.15, -0.1) is 0 Å². The number of likely N-dealkylation sites (N-methyl/N-ethyl adjacent to an activating group) is 1. The third kappa shape index (κ3) is 5.52. The fourth-order valence-electron chi connectivity index (χ4n) is 3.46. The highest BCUT2D eigenvalue weighted by atomic mass is 16.2. The largest absolute Gasteiger partial charge is 0.383 e. The van der Waals surface area contributed by atoms with Gasteiger partial charge in [-0.05, 0) is 24.8 Å². The Morgan fingerprint density at radius 1 is 1.20 bits per heavy atom. The number of hydrogen-bond acceptors (Lipinski definition) is 5. The molecule has 0 aliphatic heterocycles. The average Bonchev–Trinajstić information content (AvgIpc) is 2.71. The molecule has 4 N–H and O–H groups in total. The van der Waals surface area contributed by atoms with E-state index in [0.717, 1.165) is 18.4 Å². The third-order valence-electron chi connectivity index (χ3n) is 5.12. The molecule has 0 saturated heterocycles. The van der Waals surface area contributed by atoms with Gasteiger partial charge >= 0.3 is 5.69 Å². The molecule has 1 aromatic carbocycles. The van der Waals surface area contributed by atoms with Crippen molar-refractivity contribution in [3.63, 3.8) is 0 Å². The summed E-state index contributed by atoms with van der Waals surface area (Å²) >= 11 is 0. The summed E-state index contributed by atoms with van der Waals surface area (Å²) in [6.45, 7) is 8.71. The number of carbonyl (C=O) groups is 1. The maximum absolute atomic E-state index is 12.8. The van der Waals surface area contributed by atoms with E-state index >= 15 is 0 Å². The number of rotatable bonds is 10. The van der Waals surface area contributed by atoms with E-state index in [1.165, 1.54) is 4.57 Å². The van der Waals surface area contributed by atoms with Crippen LogP contribution in [0.1, 0.15) is 52.1 Å². The second-order valence-corrected chi connectivity index (χ2v) is 7.71. The lowest BCUT2D eigenvalue weighted by Gasteiger charge is -2.27. The molecule has 0 fully saturated rings. The van der Waals surface area contributed by atoms with E-state index in [4.69, 9.17) is 5.73 Å². The summed E-state index contributed by atoms with van der Waals surface area (Å²) in [7, 11) is 0. The first-order valence-corrected chi connectivity index (χ1v) is 10.5. The van der Waals surface area contributed by atoms with Gasteiger partial charge in [0.15, 0.2) is 0 Å². The van der Waals surface area contributed by atoms with E-state index in [1.54, 1.807) is 4.90 Å². The Labute approximate surface area is 177 Å². The summed E-state index contributed by atoms with van der Waals surface area (Å²) in [5.74, 6) is 0.0654. The van der Waals surface area contributed by atoms with E-state index in [9.17, 15) is 14.4 Å². The molecule has 164 valence electrons. The van der Waals surface area contributed by atoms with Gasteiger partial charge in [-0.3, -0.25) is 19.1 Å². The molecule has 0 aliphatic carbocycles. The highest BCUT2D eigenvalue weighted by molar-refractivity contribution is 5.83. The predicted molar refractivity (Wildman–Crippen MR) is 121 cm³/mol. The van der Waals surface area contributed by atoms with Crippen LogP contribution in [0.5, 0.6) is 0 Å². The first kappa shape index (κ1) is 23.3. The van der Waals surface area contributed by atoms with Crippen molar-refractivity contribution in [3.8, 4) is 0 Å². The Bertz CT molecular complexity index is 949. The molecule has 0 bridgehead atoms. The number of nitrogen functional groups attached to an aromatic ring is 1. The van der Waals surface area contributed by atoms with Gasteiger partial charge in [0.25, 0.3) is 5.56 Å². The number of unbranched alkanes of at least 4 members (excludes halogenated alkanes) is 1. The van der Waals surface area contributed by atoms with E-state index in [1.807, 2.05) is 58.0 Å². The van der Waals surface area contributed by atoms with Crippen LogP contribution in [0.2, 0.25) is 0 Å². The summed E-state index contributed by atoms with van der Waals surface area (Å²) in [4.78, 5) is 41.4. The fourth-order valence-corrected chi connectivity index (χ4v) is 3.46. The van der Waals surface area contributed by atoms with Crippen LogP contribution in [0.15, 0.2) is 39.9 Å². The summed E-state index contributed by atoms with van der Waals surface area (Å²) in [5, 5.41) is 3.06. The predicted octanol–water partition coefficient (Wildman–Crippen LogP) is 2.26. The van der Waals surface area contributed by atoms with Gasteiger partial charge in [0, 0.05) is 13.1 Å². The molecule has 8 heteroatoms. The Balaban J connectivity index is 2.27. The van der Waals surface area contributed by atoms with Gasteiger partial charge in [-0.25, -0.2) is 4.79 Å². The molecule has 30 heavy (non-hydrogen) atoms. The molecule has 2 aromatic rings. The fraction of sp³-hybridized carbons (Fsp3) is 0.500. The molecule has 0 aliphatic rings. The Kier molecular flexibility index (Phi) is 8.26. The van der Waals surface area contributed by atoms with Crippen LogP contribution in [-0.2, 0) is 11.3 Å². The summed E-state index contributed by atoms with van der Waals surface area (Å²) in [6.07, 6.45) is 1.64. The number of hydrogen-bond donors (Lipinski definition) is 3. The lowest BCUT2D eigenvalue weighted by atomic mass is 9.96. The van der Waals surface area contributed by atoms with Crippen LogP contribution < -0.4 is 27.2 Å². The van der Waals surface area contributed by atoms with Crippen molar-refractivity contribution >= 4 is 17.4 Å². The van der Waals surface area contributed by atoms with Crippen molar-refractivity contribution in [2.24, 2.45) is 5.92 Å². The number of H-pyrrole nitrogens is 1. The Morgan fingerprint density at radius 2 is 1.87 bits per heavy atom. The minimum absolute atomic E-state index is 0.0359. The number of carbonyl (C=O) groups excluding carboxylic acids is 1. The Hall–Kier alpha value is -3.03. The SMILES string of the molecule is CCCCn1c(N)c(N(CC)CC(=O)NC(c2ccccc2)C(C)C)c(=O)[nH]c1=O. The number of amides is 1. The van der Waals surface area contributed by atoms with Gasteiger partial charge in [0.2, 0.25) is 5.91 Å². The number of nitrogens with two attached hydrogens (primary N) is 1. The molecule has 8 nitrogen and oxygen atoms in total. The molecule has 1 atom stereocenters. The van der Waals surface area contributed by atoms with Crippen molar-refractivity contribution in [2.75, 3.05) is 23.7 Å². The monoisotopic (exact) mass is 415 g/mol. The van der Waals surface area contributed by atoms with Crippen molar-refractivity contribution in [1.82, 2.24) is 14.9 Å². The van der Waals surface area contributed by atoms with Crippen LogP contribution >= 0.6 is 0 Å². The number of aromatic amines is 1. The number of nitrogens with zero attached hydrogens (tertiary/aromatic N) is 2. The van der Waals surface area contributed by atoms with Crippen molar-refractivity contribution < 1.29 is 4.79 Å². The van der Waals surface area contributed by atoms with Crippen LogP contribution in [0.4, 0.5) is 11.5 Å². The van der Waals surface area contributed by atoms with E-state index in [-0.39, 0.29) is 35.9 Å². The van der Waals surface area contributed by atoms with E-state index in [2.05, 4.69) is 10.3 Å². The number of aromatic nitrogens is 2. The second kappa shape index (κ2) is 10.7. The molecule has 0 radical (unpaired) electrons. The lowest BCUT2D eigenvalue weighted by Crippen LogP contribution is -2.44. The molecular formula is C22H33N5O3. The highest BCUT2D eigenvalue weighted by Crippen LogP contribution is 2.22. The molecule has 0 spiro atoms. The first-order chi connectivity index (χ1) is 14.3. The van der Waals surface area contributed by atoms with Gasteiger partial charge in [-0.1, -0.05) is 57.5 Å². The van der Waals surface area contributed by atoms with Crippen LogP contribution in [0, 0.1) is 5.92 Å². The number of anilines is 2. The molecule has 1 aromatic heterocycles. The molecule has 1 unspecified atom stereocenters. The first-order valence-electron chi connectivity index (χ1n) is 10.5.